The summed E-state index contributed by atoms with van der Waals surface area (Å²) < 4.78 is 7.06. The van der Waals surface area contributed by atoms with E-state index >= 15 is 0 Å². The van der Waals surface area contributed by atoms with E-state index in [1.807, 2.05) is 0 Å². The highest BCUT2D eigenvalue weighted by Gasteiger charge is 2.41. The van der Waals surface area contributed by atoms with Crippen molar-refractivity contribution in [1.29, 1.82) is 0 Å². The highest BCUT2D eigenvalue weighted by molar-refractivity contribution is 9.28. The van der Waals surface area contributed by atoms with Gasteiger partial charge in [-0.3, -0.25) is 0 Å². The quantitative estimate of drug-likeness (QED) is 0.654. The van der Waals surface area contributed by atoms with Gasteiger partial charge >= 0.3 is 0 Å². The predicted molar refractivity (Wildman–Crippen MR) is 61.3 cm³/mol. The van der Waals surface area contributed by atoms with E-state index in [9.17, 15) is 0 Å². The highest BCUT2D eigenvalue weighted by atomic mass is 79.9. The van der Waals surface area contributed by atoms with Crippen molar-refractivity contribution in [1.82, 2.24) is 0 Å². The molecule has 0 aromatic heterocycles. The average molecular weight is 310 g/mol. The molecule has 2 fully saturated rings. The van der Waals surface area contributed by atoms with Crippen molar-refractivity contribution >= 4 is 31.9 Å². The van der Waals surface area contributed by atoms with Crippen LogP contribution in [0.3, 0.4) is 0 Å². The average Bonchev–Trinajstić information content (AvgIpc) is 2.50. The summed E-state index contributed by atoms with van der Waals surface area (Å²) >= 11 is 7.06. The monoisotopic (exact) mass is 308 g/mol. The zero-order valence-corrected chi connectivity index (χ0v) is 10.8. The number of rotatable bonds is 0. The molecule has 0 bridgehead atoms. The molecule has 1 aliphatic carbocycles. The minimum atomic E-state index is 0.0978. The summed E-state index contributed by atoms with van der Waals surface area (Å²) in [5, 5.41) is 0. The summed E-state index contributed by atoms with van der Waals surface area (Å²) in [7, 11) is 0. The van der Waals surface area contributed by atoms with Gasteiger partial charge in [0.2, 0.25) is 0 Å². The molecule has 74 valence electrons. The summed E-state index contributed by atoms with van der Waals surface area (Å²) in [6.07, 6.45) is 7.52. The maximum absolute atomic E-state index is 5.94. The molecule has 1 saturated heterocycles. The van der Waals surface area contributed by atoms with E-state index in [2.05, 4.69) is 31.9 Å². The van der Waals surface area contributed by atoms with Crippen molar-refractivity contribution in [2.75, 3.05) is 6.61 Å². The van der Waals surface area contributed by atoms with Gasteiger partial charge in [0.1, 0.15) is 0 Å². The van der Waals surface area contributed by atoms with Crippen LogP contribution in [0.1, 0.15) is 38.5 Å². The minimum absolute atomic E-state index is 0.0978. The predicted octanol–water partition coefficient (Wildman–Crippen LogP) is 4.11. The molecule has 2 rings (SSSR count). The van der Waals surface area contributed by atoms with E-state index < -0.39 is 0 Å². The van der Waals surface area contributed by atoms with Crippen molar-refractivity contribution in [2.24, 2.45) is 0 Å². The SMILES string of the molecule is BrC(Br)=C1CCOC12CCCCC2. The Labute approximate surface area is 96.2 Å². The first-order valence-electron chi connectivity index (χ1n) is 4.93. The molecule has 2 aliphatic rings. The van der Waals surface area contributed by atoms with Crippen LogP contribution in [0, 0.1) is 0 Å². The van der Waals surface area contributed by atoms with Crippen LogP contribution in [0.4, 0.5) is 0 Å². The van der Waals surface area contributed by atoms with E-state index in [4.69, 9.17) is 4.74 Å². The molecule has 0 N–H and O–H groups in total. The van der Waals surface area contributed by atoms with Crippen molar-refractivity contribution < 1.29 is 4.74 Å². The number of halogens is 2. The van der Waals surface area contributed by atoms with Crippen LogP contribution >= 0.6 is 31.9 Å². The Morgan fingerprint density at radius 3 is 2.46 bits per heavy atom. The van der Waals surface area contributed by atoms with Gasteiger partial charge in [-0.15, -0.1) is 0 Å². The van der Waals surface area contributed by atoms with Gasteiger partial charge in [-0.1, -0.05) is 19.3 Å². The summed E-state index contributed by atoms with van der Waals surface area (Å²) in [5.41, 5.74) is 1.55. The second kappa shape index (κ2) is 4.03. The lowest BCUT2D eigenvalue weighted by atomic mass is 9.80. The molecule has 1 aliphatic heterocycles. The van der Waals surface area contributed by atoms with Crippen molar-refractivity contribution in [3.05, 3.63) is 8.96 Å². The van der Waals surface area contributed by atoms with Crippen LogP contribution < -0.4 is 0 Å². The smallest absolute Gasteiger partial charge is 0.0911 e. The van der Waals surface area contributed by atoms with Gasteiger partial charge in [0.25, 0.3) is 0 Å². The van der Waals surface area contributed by atoms with Crippen LogP contribution in [-0.2, 0) is 4.74 Å². The van der Waals surface area contributed by atoms with Crippen molar-refractivity contribution in [2.45, 2.75) is 44.1 Å². The Balaban J connectivity index is 2.24. The van der Waals surface area contributed by atoms with E-state index in [1.165, 1.54) is 37.7 Å². The molecule has 3 heteroatoms. The third kappa shape index (κ3) is 1.88. The molecule has 0 unspecified atom stereocenters. The van der Waals surface area contributed by atoms with Crippen molar-refractivity contribution in [3.63, 3.8) is 0 Å². The maximum atomic E-state index is 5.94. The van der Waals surface area contributed by atoms with E-state index in [0.29, 0.717) is 0 Å². The van der Waals surface area contributed by atoms with Crippen LogP contribution in [0.15, 0.2) is 8.96 Å². The van der Waals surface area contributed by atoms with E-state index in [0.717, 1.165) is 16.4 Å². The van der Waals surface area contributed by atoms with Gasteiger partial charge in [0, 0.05) is 0 Å². The second-order valence-corrected chi connectivity index (χ2v) is 6.54. The van der Waals surface area contributed by atoms with Gasteiger partial charge in [-0.2, -0.15) is 0 Å². The third-order valence-electron chi connectivity index (χ3n) is 3.17. The molecule has 1 saturated carbocycles. The summed E-state index contributed by atoms with van der Waals surface area (Å²) in [6, 6.07) is 0. The van der Waals surface area contributed by atoms with Gasteiger partial charge < -0.3 is 4.74 Å². The summed E-state index contributed by atoms with van der Waals surface area (Å²) in [5.74, 6) is 0. The Morgan fingerprint density at radius 1 is 1.15 bits per heavy atom. The molecule has 0 amide bonds. The van der Waals surface area contributed by atoms with Crippen LogP contribution in [0.2, 0.25) is 0 Å². The van der Waals surface area contributed by atoms with E-state index in [-0.39, 0.29) is 5.60 Å². The molecular weight excluding hydrogens is 296 g/mol. The van der Waals surface area contributed by atoms with Crippen LogP contribution in [-0.4, -0.2) is 12.2 Å². The number of hydrogen-bond donors (Lipinski definition) is 0. The fourth-order valence-electron chi connectivity index (χ4n) is 2.50. The molecule has 0 radical (unpaired) electrons. The van der Waals surface area contributed by atoms with E-state index in [1.54, 1.807) is 0 Å². The minimum Gasteiger partial charge on any atom is -0.370 e. The Hall–Kier alpha value is 0.660. The number of ether oxygens (including phenoxy) is 1. The standard InChI is InChI=1S/C10H14Br2O/c11-9(12)8-4-7-13-10(8)5-2-1-3-6-10/h1-7H2. The highest BCUT2D eigenvalue weighted by Crippen LogP contribution is 2.46. The topological polar surface area (TPSA) is 9.23 Å². The second-order valence-electron chi connectivity index (χ2n) is 3.89. The summed E-state index contributed by atoms with van der Waals surface area (Å²) in [6.45, 7) is 0.899. The molecular formula is C10H14Br2O. The lowest BCUT2D eigenvalue weighted by molar-refractivity contribution is -0.00389. The van der Waals surface area contributed by atoms with Crippen LogP contribution in [0.5, 0.6) is 0 Å². The molecule has 0 atom stereocenters. The Morgan fingerprint density at radius 2 is 1.85 bits per heavy atom. The lowest BCUT2D eigenvalue weighted by Crippen LogP contribution is -2.32. The first-order chi connectivity index (χ1) is 6.25. The Kier molecular flexibility index (Phi) is 3.16. The zero-order chi connectivity index (χ0) is 9.31. The molecule has 1 nitrogen and oxygen atoms in total. The van der Waals surface area contributed by atoms with Gasteiger partial charge in [0.05, 0.1) is 15.6 Å². The molecule has 13 heavy (non-hydrogen) atoms. The number of hydrogen-bond acceptors (Lipinski definition) is 1. The lowest BCUT2D eigenvalue weighted by Gasteiger charge is -2.34. The van der Waals surface area contributed by atoms with Crippen molar-refractivity contribution in [3.8, 4) is 0 Å². The summed E-state index contributed by atoms with van der Waals surface area (Å²) in [4.78, 5) is 0. The zero-order valence-electron chi connectivity index (χ0n) is 7.61. The Bertz CT molecular complexity index is 225. The first-order valence-corrected chi connectivity index (χ1v) is 6.52. The third-order valence-corrected chi connectivity index (χ3v) is 4.13. The normalized spacial score (nSPS) is 26.8. The van der Waals surface area contributed by atoms with Gasteiger partial charge in [-0.05, 0) is 56.7 Å². The molecule has 0 aromatic rings. The fraction of sp³-hybridized carbons (Fsp3) is 0.800. The van der Waals surface area contributed by atoms with Gasteiger partial charge in [0.15, 0.2) is 0 Å². The molecule has 1 heterocycles. The maximum Gasteiger partial charge on any atom is 0.0911 e. The first kappa shape index (κ1) is 10.2. The van der Waals surface area contributed by atoms with Crippen LogP contribution in [0.25, 0.3) is 0 Å². The fourth-order valence-corrected chi connectivity index (χ4v) is 3.62. The molecule has 0 aromatic carbocycles. The largest absolute Gasteiger partial charge is 0.370 e. The molecule has 1 spiro atoms. The van der Waals surface area contributed by atoms with Gasteiger partial charge in [-0.25, -0.2) is 0 Å².